The molecule has 1 amide bonds. The number of amides is 1. The topological polar surface area (TPSA) is 53.0 Å². The van der Waals surface area contributed by atoms with E-state index in [9.17, 15) is 18.7 Å². The van der Waals surface area contributed by atoms with Gasteiger partial charge in [0, 0.05) is 44.0 Å². The number of rotatable bonds is 3. The summed E-state index contributed by atoms with van der Waals surface area (Å²) >= 11 is 0. The zero-order valence-corrected chi connectivity index (χ0v) is 14.4. The van der Waals surface area contributed by atoms with Gasteiger partial charge in [0.05, 0.1) is 7.11 Å². The second kappa shape index (κ2) is 7.59. The summed E-state index contributed by atoms with van der Waals surface area (Å²) in [5.41, 5.74) is 0.528. The first-order valence-electron chi connectivity index (χ1n) is 8.36. The van der Waals surface area contributed by atoms with Crippen LogP contribution in [0, 0.1) is 11.6 Å². The van der Waals surface area contributed by atoms with Crippen LogP contribution in [0.4, 0.5) is 14.5 Å². The molecule has 0 spiro atoms. The van der Waals surface area contributed by atoms with Gasteiger partial charge in [0.15, 0.2) is 0 Å². The van der Waals surface area contributed by atoms with Crippen molar-refractivity contribution in [3.05, 3.63) is 53.6 Å². The lowest BCUT2D eigenvalue weighted by Gasteiger charge is -2.24. The minimum atomic E-state index is -1.05. The predicted octanol–water partition coefficient (Wildman–Crippen LogP) is 3.03. The highest BCUT2D eigenvalue weighted by molar-refractivity contribution is 5.97. The van der Waals surface area contributed by atoms with Crippen molar-refractivity contribution in [3.8, 4) is 11.5 Å². The molecule has 1 aliphatic heterocycles. The average Bonchev–Trinajstić information content (AvgIpc) is 2.87. The summed E-state index contributed by atoms with van der Waals surface area (Å²) in [6.45, 7) is 2.12. The zero-order valence-electron chi connectivity index (χ0n) is 14.4. The van der Waals surface area contributed by atoms with Crippen molar-refractivity contribution >= 4 is 11.6 Å². The average molecular weight is 362 g/mol. The molecule has 1 aliphatic rings. The van der Waals surface area contributed by atoms with Crippen LogP contribution in [-0.2, 0) is 0 Å². The van der Waals surface area contributed by atoms with Crippen molar-refractivity contribution in [1.29, 1.82) is 0 Å². The van der Waals surface area contributed by atoms with Gasteiger partial charge < -0.3 is 19.6 Å². The minimum absolute atomic E-state index is 0.376. The normalized spacial score (nSPS) is 14.9. The van der Waals surface area contributed by atoms with Crippen molar-refractivity contribution in [2.75, 3.05) is 38.2 Å². The first kappa shape index (κ1) is 18.0. The van der Waals surface area contributed by atoms with Gasteiger partial charge in [-0.2, -0.15) is 0 Å². The van der Waals surface area contributed by atoms with Crippen LogP contribution in [0.3, 0.4) is 0 Å². The Morgan fingerprint density at radius 1 is 1.08 bits per heavy atom. The van der Waals surface area contributed by atoms with Crippen LogP contribution >= 0.6 is 0 Å². The lowest BCUT2D eigenvalue weighted by Crippen LogP contribution is -2.35. The zero-order chi connectivity index (χ0) is 18.7. The van der Waals surface area contributed by atoms with Crippen molar-refractivity contribution < 1.29 is 23.4 Å². The number of methoxy groups -OCH3 is 1. The van der Waals surface area contributed by atoms with E-state index in [0.717, 1.165) is 24.0 Å². The molecule has 1 fully saturated rings. The number of nitrogens with zero attached hydrogens (tertiary/aromatic N) is 2. The molecule has 1 N–H and O–H groups in total. The number of phenols is 1. The van der Waals surface area contributed by atoms with Crippen LogP contribution in [-0.4, -0.2) is 49.2 Å². The summed E-state index contributed by atoms with van der Waals surface area (Å²) in [5, 5.41) is 9.77. The summed E-state index contributed by atoms with van der Waals surface area (Å²) in [5.74, 6) is -2.51. The smallest absolute Gasteiger partial charge is 0.260 e. The third-order valence-electron chi connectivity index (χ3n) is 4.47. The van der Waals surface area contributed by atoms with Gasteiger partial charge in [0.2, 0.25) is 0 Å². The van der Waals surface area contributed by atoms with Crippen molar-refractivity contribution in [3.63, 3.8) is 0 Å². The predicted molar refractivity (Wildman–Crippen MR) is 93.8 cm³/mol. The Bertz CT molecular complexity index is 773. The summed E-state index contributed by atoms with van der Waals surface area (Å²) in [6, 6.07) is 8.99. The Morgan fingerprint density at radius 3 is 2.46 bits per heavy atom. The lowest BCUT2D eigenvalue weighted by atomic mass is 10.1. The molecule has 0 saturated carbocycles. The number of halogens is 2. The molecular formula is C19H20F2N2O3. The maximum Gasteiger partial charge on any atom is 0.260 e. The van der Waals surface area contributed by atoms with Crippen molar-refractivity contribution in [2.45, 2.75) is 6.42 Å². The van der Waals surface area contributed by atoms with Crippen LogP contribution in [0.5, 0.6) is 11.5 Å². The van der Waals surface area contributed by atoms with Crippen LogP contribution in [0.15, 0.2) is 36.4 Å². The van der Waals surface area contributed by atoms with Gasteiger partial charge in [0.1, 0.15) is 28.7 Å². The number of carbonyl (C=O) groups is 1. The number of phenolic OH excluding ortho intramolecular Hbond substituents is 1. The number of benzene rings is 2. The van der Waals surface area contributed by atoms with Gasteiger partial charge in [-0.15, -0.1) is 0 Å². The van der Waals surface area contributed by atoms with Gasteiger partial charge >= 0.3 is 0 Å². The molecular weight excluding hydrogens is 342 g/mol. The van der Waals surface area contributed by atoms with Crippen molar-refractivity contribution in [2.24, 2.45) is 0 Å². The van der Waals surface area contributed by atoms with E-state index < -0.39 is 28.9 Å². The number of anilines is 1. The second-order valence-corrected chi connectivity index (χ2v) is 6.11. The molecule has 2 aromatic carbocycles. The Labute approximate surface area is 150 Å². The molecule has 0 aliphatic carbocycles. The quantitative estimate of drug-likeness (QED) is 0.912. The van der Waals surface area contributed by atoms with Crippen LogP contribution in [0.2, 0.25) is 0 Å². The van der Waals surface area contributed by atoms with Crippen LogP contribution in [0.1, 0.15) is 16.8 Å². The van der Waals surface area contributed by atoms with Crippen LogP contribution in [0.25, 0.3) is 0 Å². The van der Waals surface area contributed by atoms with Gasteiger partial charge in [-0.25, -0.2) is 8.78 Å². The molecule has 26 heavy (non-hydrogen) atoms. The highest BCUT2D eigenvalue weighted by atomic mass is 19.1. The SMILES string of the molecule is COc1ccc(N2CCCN(C(=O)c3c(O)cc(F)cc3F)CC2)cc1. The molecule has 3 rings (SSSR count). The third-order valence-corrected chi connectivity index (χ3v) is 4.47. The minimum Gasteiger partial charge on any atom is -0.507 e. The maximum absolute atomic E-state index is 14.0. The molecule has 1 saturated heterocycles. The first-order valence-corrected chi connectivity index (χ1v) is 8.36. The maximum atomic E-state index is 14.0. The molecule has 138 valence electrons. The van der Waals surface area contributed by atoms with E-state index in [4.69, 9.17) is 4.74 Å². The number of ether oxygens (including phenoxy) is 1. The molecule has 5 nitrogen and oxygen atoms in total. The Balaban J connectivity index is 1.73. The fourth-order valence-electron chi connectivity index (χ4n) is 3.10. The molecule has 0 atom stereocenters. The van der Waals surface area contributed by atoms with E-state index in [2.05, 4.69) is 4.90 Å². The highest BCUT2D eigenvalue weighted by Gasteiger charge is 2.26. The van der Waals surface area contributed by atoms with E-state index in [0.29, 0.717) is 32.1 Å². The molecule has 0 bridgehead atoms. The third kappa shape index (κ3) is 3.71. The van der Waals surface area contributed by atoms with Gasteiger partial charge in [-0.05, 0) is 30.7 Å². The molecule has 2 aromatic rings. The first-order chi connectivity index (χ1) is 12.5. The lowest BCUT2D eigenvalue weighted by molar-refractivity contribution is 0.0759. The fraction of sp³-hybridized carbons (Fsp3) is 0.316. The highest BCUT2D eigenvalue weighted by Crippen LogP contribution is 2.25. The van der Waals surface area contributed by atoms with Gasteiger partial charge in [-0.3, -0.25) is 4.79 Å². The van der Waals surface area contributed by atoms with E-state index in [1.165, 1.54) is 4.90 Å². The van der Waals surface area contributed by atoms with E-state index in [-0.39, 0.29) is 0 Å². The van der Waals surface area contributed by atoms with E-state index in [1.54, 1.807) is 7.11 Å². The number of hydrogen-bond acceptors (Lipinski definition) is 4. The number of carbonyl (C=O) groups excluding carboxylic acids is 1. The van der Waals surface area contributed by atoms with E-state index in [1.807, 2.05) is 24.3 Å². The Kier molecular flexibility index (Phi) is 5.25. The Morgan fingerprint density at radius 2 is 1.81 bits per heavy atom. The molecule has 0 aromatic heterocycles. The summed E-state index contributed by atoms with van der Waals surface area (Å²) < 4.78 is 32.2. The van der Waals surface area contributed by atoms with E-state index >= 15 is 0 Å². The summed E-state index contributed by atoms with van der Waals surface area (Å²) in [6.07, 6.45) is 0.696. The standard InChI is InChI=1S/C19H20F2N2O3/c1-26-15-5-3-14(4-6-15)22-7-2-8-23(10-9-22)19(25)18-16(21)11-13(20)12-17(18)24/h3-6,11-12,24H,2,7-10H2,1H3. The molecule has 0 unspecified atom stereocenters. The van der Waals surface area contributed by atoms with Crippen LogP contribution < -0.4 is 9.64 Å². The molecule has 1 heterocycles. The fourth-order valence-corrected chi connectivity index (χ4v) is 3.10. The largest absolute Gasteiger partial charge is 0.507 e. The molecule has 7 heteroatoms. The number of aromatic hydroxyl groups is 1. The van der Waals surface area contributed by atoms with Crippen molar-refractivity contribution in [1.82, 2.24) is 4.90 Å². The monoisotopic (exact) mass is 362 g/mol. The summed E-state index contributed by atoms with van der Waals surface area (Å²) in [7, 11) is 1.61. The van der Waals surface area contributed by atoms with Gasteiger partial charge in [-0.1, -0.05) is 0 Å². The van der Waals surface area contributed by atoms with Gasteiger partial charge in [0.25, 0.3) is 5.91 Å². The Hall–Kier alpha value is -2.83. The number of hydrogen-bond donors (Lipinski definition) is 1. The molecule has 0 radical (unpaired) electrons. The second-order valence-electron chi connectivity index (χ2n) is 6.11. The summed E-state index contributed by atoms with van der Waals surface area (Å²) in [4.78, 5) is 16.2.